The number of hydrogen-bond donors (Lipinski definition) is 1. The van der Waals surface area contributed by atoms with Gasteiger partial charge in [-0.3, -0.25) is 4.79 Å². The molecule has 0 saturated heterocycles. The quantitative estimate of drug-likeness (QED) is 0.176. The van der Waals surface area contributed by atoms with Gasteiger partial charge in [-0.2, -0.15) is 0 Å². The second-order valence-electron chi connectivity index (χ2n) is 10.9. The number of hydrogen-bond acceptors (Lipinski definition) is 4. The molecule has 1 aliphatic carbocycles. The molecule has 0 amide bonds. The molecule has 43 heavy (non-hydrogen) atoms. The van der Waals surface area contributed by atoms with Crippen LogP contribution in [0.2, 0.25) is 5.02 Å². The first-order valence-electron chi connectivity index (χ1n) is 14.3. The molecule has 1 fully saturated rings. The SMILES string of the molecule is CC(=O)c1ccc(-c2ccc(Cl)cc2)c(COc2ccc(-c3nc4cc(C(=O)O)ccc4n3C3CCCCC3)cc2)c1.Cl. The van der Waals surface area contributed by atoms with E-state index in [2.05, 4.69) is 4.57 Å². The maximum atomic E-state index is 12.1. The van der Waals surface area contributed by atoms with Crippen molar-refractivity contribution in [2.75, 3.05) is 0 Å². The summed E-state index contributed by atoms with van der Waals surface area (Å²) in [5.74, 6) is 0.576. The van der Waals surface area contributed by atoms with Crippen molar-refractivity contribution in [2.45, 2.75) is 51.7 Å². The second kappa shape index (κ2) is 13.0. The van der Waals surface area contributed by atoms with Gasteiger partial charge in [0.05, 0.1) is 16.6 Å². The summed E-state index contributed by atoms with van der Waals surface area (Å²) in [6, 6.07) is 26.7. The zero-order chi connectivity index (χ0) is 29.2. The lowest BCUT2D eigenvalue weighted by atomic mass is 9.95. The molecule has 0 radical (unpaired) electrons. The minimum absolute atomic E-state index is 0. The largest absolute Gasteiger partial charge is 0.489 e. The number of carboxylic acids is 1. The van der Waals surface area contributed by atoms with Crippen LogP contribution in [0.5, 0.6) is 5.75 Å². The van der Waals surface area contributed by atoms with E-state index < -0.39 is 5.97 Å². The summed E-state index contributed by atoms with van der Waals surface area (Å²) in [5.41, 5.74) is 6.35. The zero-order valence-corrected chi connectivity index (χ0v) is 25.3. The number of benzene rings is 4. The second-order valence-corrected chi connectivity index (χ2v) is 11.3. The van der Waals surface area contributed by atoms with Crippen molar-refractivity contribution < 1.29 is 19.4 Å². The van der Waals surface area contributed by atoms with Gasteiger partial charge in [0.25, 0.3) is 0 Å². The third kappa shape index (κ3) is 6.46. The number of aromatic carboxylic acids is 1. The van der Waals surface area contributed by atoms with Crippen molar-refractivity contribution in [3.8, 4) is 28.3 Å². The van der Waals surface area contributed by atoms with Crippen LogP contribution in [0.3, 0.4) is 0 Å². The molecular weight excluding hydrogens is 583 g/mol. The summed E-state index contributed by atoms with van der Waals surface area (Å²) in [4.78, 5) is 28.6. The molecule has 1 aliphatic rings. The Morgan fingerprint density at radius 2 is 1.56 bits per heavy atom. The number of Topliss-reactive ketones (excluding diaryl/α,β-unsaturated/α-hetero) is 1. The van der Waals surface area contributed by atoms with E-state index in [0.717, 1.165) is 46.4 Å². The smallest absolute Gasteiger partial charge is 0.335 e. The highest BCUT2D eigenvalue weighted by Crippen LogP contribution is 2.37. The van der Waals surface area contributed by atoms with Crippen LogP contribution in [0.4, 0.5) is 0 Å². The zero-order valence-electron chi connectivity index (χ0n) is 23.8. The lowest BCUT2D eigenvalue weighted by Crippen LogP contribution is -2.14. The number of carbonyl (C=O) groups excluding carboxylic acids is 1. The van der Waals surface area contributed by atoms with Gasteiger partial charge in [-0.15, -0.1) is 12.4 Å². The fourth-order valence-corrected chi connectivity index (χ4v) is 5.97. The van der Waals surface area contributed by atoms with Crippen LogP contribution >= 0.6 is 24.0 Å². The van der Waals surface area contributed by atoms with Crippen molar-refractivity contribution in [1.29, 1.82) is 0 Å². The summed E-state index contributed by atoms with van der Waals surface area (Å²) < 4.78 is 8.51. The molecule has 0 unspecified atom stereocenters. The highest BCUT2D eigenvalue weighted by Gasteiger charge is 2.23. The number of nitrogens with zero attached hydrogens (tertiary/aromatic N) is 2. The van der Waals surface area contributed by atoms with Crippen molar-refractivity contribution in [3.05, 3.63) is 107 Å². The fraction of sp³-hybridized carbons (Fsp3) is 0.229. The molecule has 0 atom stereocenters. The van der Waals surface area contributed by atoms with Crippen molar-refractivity contribution in [2.24, 2.45) is 0 Å². The first kappa shape index (κ1) is 30.3. The maximum absolute atomic E-state index is 12.1. The van der Waals surface area contributed by atoms with Gasteiger partial charge in [-0.1, -0.05) is 55.1 Å². The minimum Gasteiger partial charge on any atom is -0.489 e. The Hall–Kier alpha value is -4.13. The Kier molecular flexibility index (Phi) is 9.19. The van der Waals surface area contributed by atoms with Gasteiger partial charge in [0.2, 0.25) is 0 Å². The monoisotopic (exact) mass is 614 g/mol. The van der Waals surface area contributed by atoms with E-state index in [9.17, 15) is 14.7 Å². The fourth-order valence-electron chi connectivity index (χ4n) is 5.85. The number of imidazole rings is 1. The van der Waals surface area contributed by atoms with Crippen LogP contribution < -0.4 is 4.74 Å². The first-order valence-corrected chi connectivity index (χ1v) is 14.6. The van der Waals surface area contributed by atoms with Gasteiger partial charge >= 0.3 is 5.97 Å². The van der Waals surface area contributed by atoms with E-state index in [0.29, 0.717) is 27.9 Å². The Morgan fingerprint density at radius 3 is 2.23 bits per heavy atom. The predicted octanol–water partition coefficient (Wildman–Crippen LogP) is 9.43. The highest BCUT2D eigenvalue weighted by atomic mass is 35.5. The van der Waals surface area contributed by atoms with Crippen molar-refractivity contribution >= 4 is 46.8 Å². The normalized spacial score (nSPS) is 13.4. The van der Waals surface area contributed by atoms with Crippen LogP contribution in [0.25, 0.3) is 33.5 Å². The highest BCUT2D eigenvalue weighted by molar-refractivity contribution is 6.30. The summed E-state index contributed by atoms with van der Waals surface area (Å²) >= 11 is 6.10. The minimum atomic E-state index is -0.958. The van der Waals surface area contributed by atoms with Crippen molar-refractivity contribution in [3.63, 3.8) is 0 Å². The molecule has 8 heteroatoms. The summed E-state index contributed by atoms with van der Waals surface area (Å²) in [7, 11) is 0. The molecule has 0 aliphatic heterocycles. The van der Waals surface area contributed by atoms with Gasteiger partial charge in [-0.25, -0.2) is 9.78 Å². The topological polar surface area (TPSA) is 81.4 Å². The van der Waals surface area contributed by atoms with Crippen LogP contribution in [0.1, 0.15) is 71.3 Å². The summed E-state index contributed by atoms with van der Waals surface area (Å²) in [5, 5.41) is 10.2. The predicted molar refractivity (Wildman–Crippen MR) is 173 cm³/mol. The van der Waals surface area contributed by atoms with Crippen LogP contribution in [-0.2, 0) is 6.61 Å². The Morgan fingerprint density at radius 1 is 0.884 bits per heavy atom. The molecule has 1 aromatic heterocycles. The number of aromatic nitrogens is 2. The molecule has 1 heterocycles. The molecule has 1 N–H and O–H groups in total. The molecule has 220 valence electrons. The van der Waals surface area contributed by atoms with Gasteiger partial charge in [0, 0.05) is 22.2 Å². The molecule has 0 spiro atoms. The number of ether oxygens (including phenoxy) is 1. The Bertz CT molecular complexity index is 1770. The van der Waals surface area contributed by atoms with Crippen LogP contribution in [0, 0.1) is 0 Å². The average molecular weight is 616 g/mol. The van der Waals surface area contributed by atoms with Gasteiger partial charge in [0.15, 0.2) is 5.78 Å². The average Bonchev–Trinajstić information content (AvgIpc) is 3.40. The molecular formula is C35H32Cl2N2O4. The van der Waals surface area contributed by atoms with E-state index in [-0.39, 0.29) is 30.4 Å². The van der Waals surface area contributed by atoms with Crippen LogP contribution in [0.15, 0.2) is 84.9 Å². The first-order chi connectivity index (χ1) is 20.4. The van der Waals surface area contributed by atoms with Crippen molar-refractivity contribution in [1.82, 2.24) is 9.55 Å². The maximum Gasteiger partial charge on any atom is 0.335 e. The van der Waals surface area contributed by atoms with E-state index in [1.807, 2.05) is 72.8 Å². The number of ketones is 1. The van der Waals surface area contributed by atoms with Gasteiger partial charge in [0.1, 0.15) is 18.2 Å². The van der Waals surface area contributed by atoms with Gasteiger partial charge in [-0.05, 0) is 97.1 Å². The van der Waals surface area contributed by atoms with Gasteiger partial charge < -0.3 is 14.4 Å². The van der Waals surface area contributed by atoms with E-state index in [4.69, 9.17) is 21.3 Å². The summed E-state index contributed by atoms with van der Waals surface area (Å²) in [6.45, 7) is 1.85. The Balaban J connectivity index is 0.00000368. The number of fused-ring (bicyclic) bond motifs is 1. The van der Waals surface area contributed by atoms with Crippen LogP contribution in [-0.4, -0.2) is 26.4 Å². The molecule has 6 nitrogen and oxygen atoms in total. The molecule has 6 rings (SSSR count). The third-order valence-electron chi connectivity index (χ3n) is 8.05. The van der Waals surface area contributed by atoms with E-state index in [1.165, 1.54) is 19.3 Å². The molecule has 4 aromatic carbocycles. The standard InChI is InChI=1S/C35H31ClN2O4.ClH/c1-22(39)25-11-17-31(23-7-13-28(36)14-8-23)27(19-25)21-42-30-15-9-24(10-16-30)34-37-32-20-26(35(40)41)12-18-33(32)38(34)29-5-3-2-4-6-29;/h7-20,29H,2-6,21H2,1H3,(H,40,41);1H. The molecule has 0 bridgehead atoms. The third-order valence-corrected chi connectivity index (χ3v) is 8.30. The number of carbonyl (C=O) groups is 2. The molecule has 1 saturated carbocycles. The lowest BCUT2D eigenvalue weighted by Gasteiger charge is -2.25. The number of halogens is 2. The summed E-state index contributed by atoms with van der Waals surface area (Å²) in [6.07, 6.45) is 5.74. The molecule has 5 aromatic rings. The van der Waals surface area contributed by atoms with E-state index >= 15 is 0 Å². The number of carboxylic acid groups (broad SMARTS) is 1. The lowest BCUT2D eigenvalue weighted by molar-refractivity contribution is 0.0696. The van der Waals surface area contributed by atoms with E-state index in [1.54, 1.807) is 19.1 Å². The number of rotatable bonds is 8. The Labute approximate surface area is 261 Å².